The minimum absolute atomic E-state index is 0.0292. The van der Waals surface area contributed by atoms with Crippen molar-refractivity contribution in [2.75, 3.05) is 0 Å². The van der Waals surface area contributed by atoms with Gasteiger partial charge >= 0.3 is 5.97 Å². The van der Waals surface area contributed by atoms with E-state index in [0.29, 0.717) is 0 Å². The third kappa shape index (κ3) is 2.62. The summed E-state index contributed by atoms with van der Waals surface area (Å²) in [6.45, 7) is 5.92. The topological polar surface area (TPSA) is 37.3 Å². The van der Waals surface area contributed by atoms with Gasteiger partial charge in [0.2, 0.25) is 0 Å². The van der Waals surface area contributed by atoms with Crippen LogP contribution >= 0.6 is 0 Å². The Kier molecular flexibility index (Phi) is 3.55. The van der Waals surface area contributed by atoms with E-state index in [1.807, 2.05) is 0 Å². The lowest BCUT2D eigenvalue weighted by Gasteiger charge is -2.21. The van der Waals surface area contributed by atoms with Crippen LogP contribution in [0, 0.1) is 30.9 Å². The van der Waals surface area contributed by atoms with Gasteiger partial charge in [-0.1, -0.05) is 0 Å². The molecule has 2 nitrogen and oxygen atoms in total. The Hall–Kier alpha value is -1.45. The largest absolute Gasteiger partial charge is 0.481 e. The number of carboxylic acid groups (broad SMARTS) is 1. The Bertz CT molecular complexity index is 439. The van der Waals surface area contributed by atoms with Crippen molar-refractivity contribution in [2.45, 2.75) is 34.1 Å². The van der Waals surface area contributed by atoms with Crippen molar-refractivity contribution in [3.63, 3.8) is 0 Å². The van der Waals surface area contributed by atoms with Gasteiger partial charge in [0.15, 0.2) is 0 Å². The van der Waals surface area contributed by atoms with E-state index in [2.05, 4.69) is 0 Å². The number of aryl methyl sites for hydroxylation is 1. The molecule has 0 unspecified atom stereocenters. The average Bonchev–Trinajstić information content (AvgIpc) is 2.21. The van der Waals surface area contributed by atoms with Gasteiger partial charge in [0.25, 0.3) is 0 Å². The maximum absolute atomic E-state index is 13.9. The number of halogens is 2. The van der Waals surface area contributed by atoms with Crippen molar-refractivity contribution in [3.8, 4) is 0 Å². The van der Waals surface area contributed by atoms with Gasteiger partial charge in [-0.15, -0.1) is 0 Å². The summed E-state index contributed by atoms with van der Waals surface area (Å²) in [6, 6.07) is 1.13. The van der Waals surface area contributed by atoms with Gasteiger partial charge in [-0.25, -0.2) is 8.78 Å². The molecular formula is C13H16F2O2. The van der Waals surface area contributed by atoms with Crippen LogP contribution in [0.5, 0.6) is 0 Å². The van der Waals surface area contributed by atoms with Gasteiger partial charge in [-0.2, -0.15) is 0 Å². The van der Waals surface area contributed by atoms with E-state index in [1.165, 1.54) is 27.7 Å². The molecule has 0 fully saturated rings. The van der Waals surface area contributed by atoms with E-state index >= 15 is 0 Å². The lowest BCUT2D eigenvalue weighted by molar-refractivity contribution is -0.146. The fourth-order valence-electron chi connectivity index (χ4n) is 1.64. The van der Waals surface area contributed by atoms with Gasteiger partial charge in [0.05, 0.1) is 5.41 Å². The van der Waals surface area contributed by atoms with Crippen LogP contribution in [0.4, 0.5) is 8.78 Å². The molecule has 1 aromatic rings. The van der Waals surface area contributed by atoms with Crippen LogP contribution in [-0.2, 0) is 11.2 Å². The second kappa shape index (κ2) is 4.43. The van der Waals surface area contributed by atoms with Crippen LogP contribution in [0.2, 0.25) is 0 Å². The monoisotopic (exact) mass is 242 g/mol. The van der Waals surface area contributed by atoms with Crippen molar-refractivity contribution < 1.29 is 18.7 Å². The number of rotatable bonds is 3. The molecule has 0 aliphatic heterocycles. The molecule has 0 spiro atoms. The number of carboxylic acids is 1. The first-order valence-corrected chi connectivity index (χ1v) is 5.34. The molecule has 17 heavy (non-hydrogen) atoms. The maximum atomic E-state index is 13.9. The molecule has 0 heterocycles. The Balaban J connectivity index is 3.28. The number of hydrogen-bond acceptors (Lipinski definition) is 1. The highest BCUT2D eigenvalue weighted by molar-refractivity contribution is 5.74. The SMILES string of the molecule is Cc1cc(F)c(C)c(CC(C)(C)C(=O)O)c1F. The summed E-state index contributed by atoms with van der Waals surface area (Å²) in [4.78, 5) is 11.0. The molecule has 94 valence electrons. The molecule has 0 bridgehead atoms. The zero-order valence-corrected chi connectivity index (χ0v) is 10.4. The van der Waals surface area contributed by atoms with Crippen LogP contribution in [0.25, 0.3) is 0 Å². The average molecular weight is 242 g/mol. The molecule has 0 atom stereocenters. The molecule has 0 amide bonds. The summed E-state index contributed by atoms with van der Waals surface area (Å²) >= 11 is 0. The Morgan fingerprint density at radius 2 is 1.88 bits per heavy atom. The first-order chi connectivity index (χ1) is 7.66. The van der Waals surface area contributed by atoms with Gasteiger partial charge in [-0.05, 0) is 56.9 Å². The molecule has 0 saturated heterocycles. The van der Waals surface area contributed by atoms with Crippen LogP contribution in [-0.4, -0.2) is 11.1 Å². The number of hydrogen-bond donors (Lipinski definition) is 1. The van der Waals surface area contributed by atoms with E-state index < -0.39 is 23.0 Å². The molecule has 0 radical (unpaired) electrons. The number of benzene rings is 1. The van der Waals surface area contributed by atoms with Crippen LogP contribution in [0.1, 0.15) is 30.5 Å². The summed E-state index contributed by atoms with van der Waals surface area (Å²) in [5.74, 6) is -2.04. The maximum Gasteiger partial charge on any atom is 0.309 e. The van der Waals surface area contributed by atoms with Gasteiger partial charge in [-0.3, -0.25) is 4.79 Å². The number of carbonyl (C=O) groups is 1. The first-order valence-electron chi connectivity index (χ1n) is 5.34. The molecule has 1 N–H and O–H groups in total. The van der Waals surface area contributed by atoms with E-state index in [1.54, 1.807) is 0 Å². The molecule has 0 aliphatic rings. The van der Waals surface area contributed by atoms with Crippen molar-refractivity contribution in [1.82, 2.24) is 0 Å². The molecule has 0 saturated carbocycles. The van der Waals surface area contributed by atoms with E-state index in [4.69, 9.17) is 5.11 Å². The summed E-state index contributed by atoms with van der Waals surface area (Å²) in [5, 5.41) is 9.01. The summed E-state index contributed by atoms with van der Waals surface area (Å²) in [7, 11) is 0. The summed E-state index contributed by atoms with van der Waals surface area (Å²) in [6.07, 6.45) is -0.0292. The highest BCUT2D eigenvalue weighted by Gasteiger charge is 2.30. The highest BCUT2D eigenvalue weighted by atomic mass is 19.1. The normalized spacial score (nSPS) is 11.6. The fraction of sp³-hybridized carbons (Fsp3) is 0.462. The van der Waals surface area contributed by atoms with E-state index in [-0.39, 0.29) is 23.1 Å². The molecule has 4 heteroatoms. The molecule has 0 aromatic heterocycles. The number of aliphatic carboxylic acids is 1. The van der Waals surface area contributed by atoms with Gasteiger partial charge in [0, 0.05) is 0 Å². The molecule has 1 rings (SSSR count). The van der Waals surface area contributed by atoms with Crippen molar-refractivity contribution in [3.05, 3.63) is 34.4 Å². The quantitative estimate of drug-likeness (QED) is 0.883. The minimum Gasteiger partial charge on any atom is -0.481 e. The minimum atomic E-state index is -1.12. The predicted molar refractivity (Wildman–Crippen MR) is 61.0 cm³/mol. The van der Waals surface area contributed by atoms with Crippen LogP contribution in [0.3, 0.4) is 0 Å². The zero-order chi connectivity index (χ0) is 13.4. The lowest BCUT2D eigenvalue weighted by Crippen LogP contribution is -2.27. The van der Waals surface area contributed by atoms with Crippen LogP contribution < -0.4 is 0 Å². The molecular weight excluding hydrogens is 226 g/mol. The highest BCUT2D eigenvalue weighted by Crippen LogP contribution is 2.28. The third-order valence-corrected chi connectivity index (χ3v) is 2.96. The zero-order valence-electron chi connectivity index (χ0n) is 10.4. The fourth-order valence-corrected chi connectivity index (χ4v) is 1.64. The van der Waals surface area contributed by atoms with E-state index in [0.717, 1.165) is 6.07 Å². The Labute approximate surface area is 99.3 Å². The third-order valence-electron chi connectivity index (χ3n) is 2.96. The van der Waals surface area contributed by atoms with Gasteiger partial charge < -0.3 is 5.11 Å². The van der Waals surface area contributed by atoms with Crippen molar-refractivity contribution >= 4 is 5.97 Å². The van der Waals surface area contributed by atoms with Crippen molar-refractivity contribution in [2.24, 2.45) is 5.41 Å². The summed E-state index contributed by atoms with van der Waals surface area (Å²) < 4.78 is 27.4. The predicted octanol–water partition coefficient (Wildman–Crippen LogP) is 3.23. The van der Waals surface area contributed by atoms with Crippen LogP contribution in [0.15, 0.2) is 6.07 Å². The van der Waals surface area contributed by atoms with E-state index in [9.17, 15) is 13.6 Å². The Morgan fingerprint density at radius 3 is 2.35 bits per heavy atom. The molecule has 1 aromatic carbocycles. The standard InChI is InChI=1S/C13H16F2O2/c1-7-5-10(14)8(2)9(11(7)15)6-13(3,4)12(16)17/h5H,6H2,1-4H3,(H,16,17). The Morgan fingerprint density at radius 1 is 1.35 bits per heavy atom. The first kappa shape index (κ1) is 13.6. The summed E-state index contributed by atoms with van der Waals surface area (Å²) in [5.41, 5.74) is -0.590. The molecule has 0 aliphatic carbocycles. The van der Waals surface area contributed by atoms with Crippen molar-refractivity contribution in [1.29, 1.82) is 0 Å². The lowest BCUT2D eigenvalue weighted by atomic mass is 9.83. The smallest absolute Gasteiger partial charge is 0.309 e. The van der Waals surface area contributed by atoms with Gasteiger partial charge in [0.1, 0.15) is 11.6 Å². The second-order valence-corrected chi connectivity index (χ2v) is 4.96. The second-order valence-electron chi connectivity index (χ2n) is 4.96.